The molecule has 1 aromatic carbocycles. The molecule has 7 heteroatoms. The number of hydrogen-bond donors (Lipinski definition) is 2. The molecule has 2 rings (SSSR count). The van der Waals surface area contributed by atoms with Crippen molar-refractivity contribution in [3.8, 4) is 5.75 Å². The van der Waals surface area contributed by atoms with E-state index in [1.54, 1.807) is 0 Å². The van der Waals surface area contributed by atoms with Gasteiger partial charge in [-0.1, -0.05) is 34.8 Å². The fraction of sp³-hybridized carbons (Fsp3) is 0.588. The second kappa shape index (κ2) is 7.28. The predicted octanol–water partition coefficient (Wildman–Crippen LogP) is 4.45. The van der Waals surface area contributed by atoms with Gasteiger partial charge >= 0.3 is 0 Å². The van der Waals surface area contributed by atoms with Crippen LogP contribution in [-0.2, 0) is 4.79 Å². The minimum atomic E-state index is -0.185. The highest BCUT2D eigenvalue weighted by atomic mass is 35.5. The first kappa shape index (κ1) is 19.6. The molecule has 1 aromatic rings. The SMILES string of the molecule is CC1(C)CC(NC(=O)COc2cc(Cl)c(Cl)cc2Cl)CC(C)(C)N1. The lowest BCUT2D eigenvalue weighted by molar-refractivity contribution is -0.124. The highest BCUT2D eigenvalue weighted by Gasteiger charge is 2.38. The monoisotopic (exact) mass is 392 g/mol. The lowest BCUT2D eigenvalue weighted by atomic mass is 9.79. The van der Waals surface area contributed by atoms with E-state index in [4.69, 9.17) is 39.5 Å². The van der Waals surface area contributed by atoms with Gasteiger partial charge in [0.15, 0.2) is 6.61 Å². The van der Waals surface area contributed by atoms with Crippen molar-refractivity contribution < 1.29 is 9.53 Å². The smallest absolute Gasteiger partial charge is 0.258 e. The molecular formula is C17H23Cl3N2O2. The Morgan fingerprint density at radius 1 is 1.12 bits per heavy atom. The average molecular weight is 394 g/mol. The maximum atomic E-state index is 12.2. The number of benzene rings is 1. The molecule has 0 bridgehead atoms. The molecule has 1 fully saturated rings. The quantitative estimate of drug-likeness (QED) is 0.743. The van der Waals surface area contributed by atoms with Crippen molar-refractivity contribution in [2.45, 2.75) is 57.7 Å². The van der Waals surface area contributed by atoms with Gasteiger partial charge in [-0.2, -0.15) is 0 Å². The lowest BCUT2D eigenvalue weighted by Gasteiger charge is -2.46. The van der Waals surface area contributed by atoms with Crippen molar-refractivity contribution in [1.29, 1.82) is 0 Å². The van der Waals surface area contributed by atoms with Crippen molar-refractivity contribution in [3.05, 3.63) is 27.2 Å². The molecular weight excluding hydrogens is 371 g/mol. The number of ether oxygens (including phenoxy) is 1. The molecule has 0 aliphatic carbocycles. The standard InChI is InChI=1S/C17H23Cl3N2O2/c1-16(2)7-10(8-17(3,4)22-16)21-15(23)9-24-14-6-12(19)11(18)5-13(14)20/h5-6,10,22H,7-9H2,1-4H3,(H,21,23). The highest BCUT2D eigenvalue weighted by molar-refractivity contribution is 6.43. The van der Waals surface area contributed by atoms with Crippen molar-refractivity contribution >= 4 is 40.7 Å². The molecule has 0 unspecified atom stereocenters. The van der Waals surface area contributed by atoms with E-state index in [2.05, 4.69) is 38.3 Å². The third-order valence-corrected chi connectivity index (χ3v) is 4.91. The van der Waals surface area contributed by atoms with Crippen molar-refractivity contribution in [3.63, 3.8) is 0 Å². The van der Waals surface area contributed by atoms with Crippen LogP contribution < -0.4 is 15.4 Å². The minimum Gasteiger partial charge on any atom is -0.482 e. The van der Waals surface area contributed by atoms with Gasteiger partial charge in [0.25, 0.3) is 5.91 Å². The average Bonchev–Trinajstić information content (AvgIpc) is 2.37. The summed E-state index contributed by atoms with van der Waals surface area (Å²) in [7, 11) is 0. The molecule has 1 heterocycles. The summed E-state index contributed by atoms with van der Waals surface area (Å²) in [5.41, 5.74) is -0.0683. The number of halogens is 3. The van der Waals surface area contributed by atoms with Gasteiger partial charge in [0.2, 0.25) is 0 Å². The first-order valence-electron chi connectivity index (χ1n) is 7.83. The van der Waals surface area contributed by atoms with E-state index in [1.165, 1.54) is 12.1 Å². The van der Waals surface area contributed by atoms with Gasteiger partial charge in [-0.15, -0.1) is 0 Å². The number of piperidine rings is 1. The van der Waals surface area contributed by atoms with E-state index in [9.17, 15) is 4.79 Å². The van der Waals surface area contributed by atoms with Gasteiger partial charge in [0.05, 0.1) is 15.1 Å². The van der Waals surface area contributed by atoms with Gasteiger partial charge < -0.3 is 15.4 Å². The van der Waals surface area contributed by atoms with Crippen LogP contribution in [0, 0.1) is 0 Å². The molecule has 1 saturated heterocycles. The van der Waals surface area contributed by atoms with Crippen molar-refractivity contribution in [1.82, 2.24) is 10.6 Å². The van der Waals surface area contributed by atoms with Crippen molar-refractivity contribution in [2.75, 3.05) is 6.61 Å². The second-order valence-electron chi connectivity index (χ2n) is 7.55. The van der Waals surface area contributed by atoms with Crippen LogP contribution in [0.2, 0.25) is 15.1 Å². The first-order chi connectivity index (χ1) is 11.0. The Balaban J connectivity index is 1.93. The summed E-state index contributed by atoms with van der Waals surface area (Å²) in [6.45, 7) is 8.43. The van der Waals surface area contributed by atoms with Crippen LogP contribution in [0.5, 0.6) is 5.75 Å². The van der Waals surface area contributed by atoms with E-state index in [-0.39, 0.29) is 29.6 Å². The summed E-state index contributed by atoms with van der Waals surface area (Å²) in [5, 5.41) is 7.62. The number of carbonyl (C=O) groups excluding carboxylic acids is 1. The number of carbonyl (C=O) groups is 1. The zero-order chi connectivity index (χ0) is 18.1. The molecule has 0 atom stereocenters. The Kier molecular flexibility index (Phi) is 5.96. The number of rotatable bonds is 4. The summed E-state index contributed by atoms with van der Waals surface area (Å²) >= 11 is 17.9. The Morgan fingerprint density at radius 2 is 1.67 bits per heavy atom. The van der Waals surface area contributed by atoms with Gasteiger partial charge in [-0.25, -0.2) is 0 Å². The molecule has 0 saturated carbocycles. The summed E-state index contributed by atoms with van der Waals surface area (Å²) in [4.78, 5) is 12.2. The van der Waals surface area contributed by atoms with Crippen molar-refractivity contribution in [2.24, 2.45) is 0 Å². The zero-order valence-electron chi connectivity index (χ0n) is 14.3. The summed E-state index contributed by atoms with van der Waals surface area (Å²) < 4.78 is 5.48. The Bertz CT molecular complexity index is 617. The topological polar surface area (TPSA) is 50.4 Å². The minimum absolute atomic E-state index is 0.0342. The fourth-order valence-electron chi connectivity index (χ4n) is 3.45. The van der Waals surface area contributed by atoms with Crippen LogP contribution in [0.1, 0.15) is 40.5 Å². The van der Waals surface area contributed by atoms with Crippen LogP contribution in [0.3, 0.4) is 0 Å². The Morgan fingerprint density at radius 3 is 2.25 bits per heavy atom. The Labute approximate surface area is 158 Å². The fourth-order valence-corrected chi connectivity index (χ4v) is 4.04. The summed E-state index contributed by atoms with van der Waals surface area (Å²) in [5.74, 6) is 0.155. The normalized spacial score (nSPS) is 19.8. The van der Waals surface area contributed by atoms with E-state index in [0.29, 0.717) is 20.8 Å². The lowest BCUT2D eigenvalue weighted by Crippen LogP contribution is -2.62. The van der Waals surface area contributed by atoms with E-state index >= 15 is 0 Å². The molecule has 0 spiro atoms. The highest BCUT2D eigenvalue weighted by Crippen LogP contribution is 2.34. The third-order valence-electron chi connectivity index (χ3n) is 3.89. The maximum Gasteiger partial charge on any atom is 0.258 e. The molecule has 0 aromatic heterocycles. The van der Waals surface area contributed by atoms with Gasteiger partial charge in [-0.05, 0) is 46.6 Å². The molecule has 1 amide bonds. The van der Waals surface area contributed by atoms with E-state index in [0.717, 1.165) is 12.8 Å². The maximum absolute atomic E-state index is 12.2. The summed E-state index contributed by atoms with van der Waals surface area (Å²) in [6, 6.07) is 3.10. The molecule has 1 aliphatic heterocycles. The van der Waals surface area contributed by atoms with Crippen LogP contribution in [0.25, 0.3) is 0 Å². The van der Waals surface area contributed by atoms with E-state index < -0.39 is 0 Å². The largest absolute Gasteiger partial charge is 0.482 e. The molecule has 134 valence electrons. The number of hydrogen-bond acceptors (Lipinski definition) is 3. The molecule has 4 nitrogen and oxygen atoms in total. The third kappa shape index (κ3) is 5.41. The van der Waals surface area contributed by atoms with E-state index in [1.807, 2.05) is 0 Å². The number of nitrogens with one attached hydrogen (secondary N) is 2. The molecule has 2 N–H and O–H groups in total. The van der Waals surface area contributed by atoms with Crippen LogP contribution in [0.4, 0.5) is 0 Å². The predicted molar refractivity (Wildman–Crippen MR) is 99.4 cm³/mol. The second-order valence-corrected chi connectivity index (χ2v) is 8.77. The van der Waals surface area contributed by atoms with Gasteiger partial charge in [0, 0.05) is 23.2 Å². The van der Waals surface area contributed by atoms with Crippen LogP contribution in [-0.4, -0.2) is 29.6 Å². The van der Waals surface area contributed by atoms with Gasteiger partial charge in [-0.3, -0.25) is 4.79 Å². The number of amides is 1. The van der Waals surface area contributed by atoms with Gasteiger partial charge in [0.1, 0.15) is 5.75 Å². The first-order valence-corrected chi connectivity index (χ1v) is 8.97. The summed E-state index contributed by atoms with van der Waals surface area (Å²) in [6.07, 6.45) is 1.71. The zero-order valence-corrected chi connectivity index (χ0v) is 16.6. The molecule has 0 radical (unpaired) electrons. The van der Waals surface area contributed by atoms with Crippen LogP contribution in [0.15, 0.2) is 12.1 Å². The van der Waals surface area contributed by atoms with Crippen LogP contribution >= 0.6 is 34.8 Å². The Hall–Kier alpha value is -0.680. The molecule has 24 heavy (non-hydrogen) atoms. The molecule has 1 aliphatic rings.